The van der Waals surface area contributed by atoms with Gasteiger partial charge in [0.2, 0.25) is 5.89 Å². The molecule has 1 amide bonds. The van der Waals surface area contributed by atoms with E-state index in [1.165, 1.54) is 12.8 Å². The number of carbonyl (C=O) groups excluding carboxylic acids is 1. The summed E-state index contributed by atoms with van der Waals surface area (Å²) in [6.07, 6.45) is 7.27. The Bertz CT molecular complexity index is 663. The van der Waals surface area contributed by atoms with Crippen molar-refractivity contribution in [1.29, 1.82) is 0 Å². The summed E-state index contributed by atoms with van der Waals surface area (Å²) in [7, 11) is 0. The first kappa shape index (κ1) is 16.0. The highest BCUT2D eigenvalue weighted by Crippen LogP contribution is 2.19. The number of aromatic nitrogens is 2. The molecule has 6 heteroatoms. The van der Waals surface area contributed by atoms with Gasteiger partial charge in [-0.1, -0.05) is 55.5 Å². The summed E-state index contributed by atoms with van der Waals surface area (Å²) in [4.78, 5) is 12.2. The van der Waals surface area contributed by atoms with Crippen molar-refractivity contribution in [2.24, 2.45) is 0 Å². The molecule has 1 saturated carbocycles. The molecule has 1 aromatic carbocycles. The monoisotopic (exact) mass is 333 g/mol. The second-order valence-corrected chi connectivity index (χ2v) is 6.34. The second-order valence-electron chi connectivity index (χ2n) is 5.93. The lowest BCUT2D eigenvalue weighted by atomic mass is 10.1. The predicted molar refractivity (Wildman–Crippen MR) is 87.5 cm³/mol. The Balaban J connectivity index is 1.62. The van der Waals surface area contributed by atoms with Crippen LogP contribution in [0.4, 0.5) is 0 Å². The van der Waals surface area contributed by atoms with Crippen LogP contribution >= 0.6 is 11.6 Å². The van der Waals surface area contributed by atoms with Gasteiger partial charge < -0.3 is 9.73 Å². The van der Waals surface area contributed by atoms with Gasteiger partial charge in [-0.3, -0.25) is 4.79 Å². The summed E-state index contributed by atoms with van der Waals surface area (Å²) >= 11 is 6.12. The first-order valence-corrected chi connectivity index (χ1v) is 8.47. The van der Waals surface area contributed by atoms with Crippen molar-refractivity contribution in [2.75, 3.05) is 0 Å². The van der Waals surface area contributed by atoms with Gasteiger partial charge in [-0.2, -0.15) is 0 Å². The summed E-state index contributed by atoms with van der Waals surface area (Å²) in [5.74, 6) is 0.134. The van der Waals surface area contributed by atoms with Crippen LogP contribution in [0, 0.1) is 0 Å². The maximum absolute atomic E-state index is 12.2. The Morgan fingerprint density at radius 2 is 1.91 bits per heavy atom. The molecule has 122 valence electrons. The normalized spacial score (nSPS) is 16.0. The molecular weight excluding hydrogens is 314 g/mol. The zero-order valence-electron chi connectivity index (χ0n) is 12.9. The Hall–Kier alpha value is -1.88. The van der Waals surface area contributed by atoms with Gasteiger partial charge in [0.25, 0.3) is 0 Å². The maximum Gasteiger partial charge on any atom is 0.309 e. The van der Waals surface area contributed by atoms with Crippen LogP contribution in [0.25, 0.3) is 0 Å². The molecule has 23 heavy (non-hydrogen) atoms. The molecule has 5 nitrogen and oxygen atoms in total. The number of hydrogen-bond acceptors (Lipinski definition) is 4. The summed E-state index contributed by atoms with van der Waals surface area (Å²) < 4.78 is 5.48. The summed E-state index contributed by atoms with van der Waals surface area (Å²) in [6, 6.07) is 7.69. The van der Waals surface area contributed by atoms with E-state index in [9.17, 15) is 4.79 Å². The minimum absolute atomic E-state index is 0.0244. The lowest BCUT2D eigenvalue weighted by Crippen LogP contribution is -2.34. The number of carbonyl (C=O) groups is 1. The average Bonchev–Trinajstić information content (AvgIpc) is 2.86. The predicted octanol–water partition coefficient (Wildman–Crippen LogP) is 3.77. The Morgan fingerprint density at radius 3 is 2.65 bits per heavy atom. The van der Waals surface area contributed by atoms with Crippen molar-refractivity contribution in [3.63, 3.8) is 0 Å². The summed E-state index contributed by atoms with van der Waals surface area (Å²) in [5, 5.41) is 11.5. The smallest absolute Gasteiger partial charge is 0.309 e. The number of benzene rings is 1. The second kappa shape index (κ2) is 7.59. The van der Waals surface area contributed by atoms with Gasteiger partial charge >= 0.3 is 11.8 Å². The fourth-order valence-electron chi connectivity index (χ4n) is 2.89. The molecule has 1 heterocycles. The fourth-order valence-corrected chi connectivity index (χ4v) is 3.09. The van der Waals surface area contributed by atoms with E-state index in [1.54, 1.807) is 0 Å². The number of nitrogens with zero attached hydrogens (tertiary/aromatic N) is 2. The quantitative estimate of drug-likeness (QED) is 0.865. The lowest BCUT2D eigenvalue weighted by molar-refractivity contribution is 0.0896. The van der Waals surface area contributed by atoms with E-state index in [-0.39, 0.29) is 17.8 Å². The molecule has 0 unspecified atom stereocenters. The van der Waals surface area contributed by atoms with Crippen molar-refractivity contribution < 1.29 is 9.21 Å². The highest BCUT2D eigenvalue weighted by atomic mass is 35.5. The SMILES string of the molecule is O=C(NC1CCCCCC1)c1nnc(Cc2ccccc2Cl)o1. The molecule has 0 aliphatic heterocycles. The van der Waals surface area contributed by atoms with Crippen molar-refractivity contribution >= 4 is 17.5 Å². The average molecular weight is 334 g/mol. The number of nitrogens with one attached hydrogen (secondary N) is 1. The summed E-state index contributed by atoms with van der Waals surface area (Å²) in [5.41, 5.74) is 0.897. The molecule has 0 radical (unpaired) electrons. The van der Waals surface area contributed by atoms with Crippen LogP contribution in [0.5, 0.6) is 0 Å². The first-order chi connectivity index (χ1) is 11.2. The number of halogens is 1. The van der Waals surface area contributed by atoms with E-state index < -0.39 is 0 Å². The van der Waals surface area contributed by atoms with E-state index >= 15 is 0 Å². The van der Waals surface area contributed by atoms with Crippen LogP contribution < -0.4 is 5.32 Å². The minimum atomic E-state index is -0.283. The molecule has 1 aliphatic rings. The number of hydrogen-bond donors (Lipinski definition) is 1. The van der Waals surface area contributed by atoms with Crippen LogP contribution in [0.15, 0.2) is 28.7 Å². The van der Waals surface area contributed by atoms with E-state index in [2.05, 4.69) is 15.5 Å². The van der Waals surface area contributed by atoms with Gasteiger partial charge in [-0.05, 0) is 24.5 Å². The molecule has 1 aromatic heterocycles. The highest BCUT2D eigenvalue weighted by Gasteiger charge is 2.20. The largest absolute Gasteiger partial charge is 0.417 e. The Labute approximate surface area is 140 Å². The van der Waals surface area contributed by atoms with Crippen LogP contribution in [0.3, 0.4) is 0 Å². The van der Waals surface area contributed by atoms with Crippen molar-refractivity contribution in [3.05, 3.63) is 46.6 Å². The zero-order chi connectivity index (χ0) is 16.1. The van der Waals surface area contributed by atoms with Crippen molar-refractivity contribution in [2.45, 2.75) is 51.0 Å². The zero-order valence-corrected chi connectivity index (χ0v) is 13.7. The van der Waals surface area contributed by atoms with Gasteiger partial charge in [0, 0.05) is 11.1 Å². The Morgan fingerprint density at radius 1 is 1.17 bits per heavy atom. The van der Waals surface area contributed by atoms with Crippen molar-refractivity contribution in [1.82, 2.24) is 15.5 Å². The van der Waals surface area contributed by atoms with E-state index in [4.69, 9.17) is 16.0 Å². The van der Waals surface area contributed by atoms with E-state index in [0.29, 0.717) is 17.3 Å². The molecule has 1 fully saturated rings. The molecule has 1 aliphatic carbocycles. The van der Waals surface area contributed by atoms with Crippen molar-refractivity contribution in [3.8, 4) is 0 Å². The topological polar surface area (TPSA) is 68.0 Å². The fraction of sp³-hybridized carbons (Fsp3) is 0.471. The highest BCUT2D eigenvalue weighted by molar-refractivity contribution is 6.31. The third-order valence-corrected chi connectivity index (χ3v) is 4.52. The van der Waals surface area contributed by atoms with E-state index in [1.807, 2.05) is 24.3 Å². The minimum Gasteiger partial charge on any atom is -0.417 e. The van der Waals surface area contributed by atoms with Gasteiger partial charge in [-0.25, -0.2) is 0 Å². The molecule has 1 N–H and O–H groups in total. The molecule has 0 saturated heterocycles. The lowest BCUT2D eigenvalue weighted by Gasteiger charge is -2.14. The van der Waals surface area contributed by atoms with Gasteiger partial charge in [0.05, 0.1) is 6.42 Å². The molecule has 0 bridgehead atoms. The third kappa shape index (κ3) is 4.32. The molecule has 2 aromatic rings. The maximum atomic E-state index is 12.2. The standard InChI is InChI=1S/C17H20ClN3O2/c18-14-10-6-5-7-12(14)11-15-20-21-17(23-15)16(22)19-13-8-3-1-2-4-9-13/h5-7,10,13H,1-4,8-9,11H2,(H,19,22). The Kier molecular flexibility index (Phi) is 5.28. The number of rotatable bonds is 4. The molecular formula is C17H20ClN3O2. The van der Waals surface area contributed by atoms with Crippen LogP contribution in [-0.2, 0) is 6.42 Å². The van der Waals surface area contributed by atoms with Gasteiger partial charge in [-0.15, -0.1) is 10.2 Å². The summed E-state index contributed by atoms with van der Waals surface area (Å²) in [6.45, 7) is 0. The van der Waals surface area contributed by atoms with Crippen LogP contribution in [0.2, 0.25) is 5.02 Å². The third-order valence-electron chi connectivity index (χ3n) is 4.15. The molecule has 0 atom stereocenters. The number of amides is 1. The van der Waals surface area contributed by atoms with Crippen LogP contribution in [-0.4, -0.2) is 22.1 Å². The van der Waals surface area contributed by atoms with Gasteiger partial charge in [0.1, 0.15) is 0 Å². The van der Waals surface area contributed by atoms with Gasteiger partial charge in [0.15, 0.2) is 0 Å². The first-order valence-electron chi connectivity index (χ1n) is 8.09. The molecule has 3 rings (SSSR count). The van der Waals surface area contributed by atoms with E-state index in [0.717, 1.165) is 31.2 Å². The van der Waals surface area contributed by atoms with Crippen LogP contribution in [0.1, 0.15) is 60.7 Å². The molecule has 0 spiro atoms.